The molecule has 0 aliphatic carbocycles. The fourth-order valence-corrected chi connectivity index (χ4v) is 6.52. The first-order valence-corrected chi connectivity index (χ1v) is 13.3. The van der Waals surface area contributed by atoms with Crippen LogP contribution in [0.2, 0.25) is 0 Å². The highest BCUT2D eigenvalue weighted by atomic mass is 16.3. The number of hydrogen-bond donors (Lipinski definition) is 0. The minimum absolute atomic E-state index is 0.907. The summed E-state index contributed by atoms with van der Waals surface area (Å²) in [4.78, 5) is 0. The average molecular weight is 499 g/mol. The smallest absolute Gasteiger partial charge is 0.159 e. The van der Waals surface area contributed by atoms with Crippen molar-refractivity contribution in [1.29, 1.82) is 0 Å². The van der Waals surface area contributed by atoms with Crippen LogP contribution in [0.25, 0.3) is 76.9 Å². The second kappa shape index (κ2) is 7.62. The van der Waals surface area contributed by atoms with E-state index in [1.807, 2.05) is 12.1 Å². The van der Waals surface area contributed by atoms with Crippen molar-refractivity contribution in [3.05, 3.63) is 133 Å². The van der Waals surface area contributed by atoms with Crippen molar-refractivity contribution in [2.75, 3.05) is 0 Å². The lowest BCUT2D eigenvalue weighted by Gasteiger charge is -2.10. The van der Waals surface area contributed by atoms with Gasteiger partial charge in [0.05, 0.1) is 27.8 Å². The van der Waals surface area contributed by atoms with Crippen LogP contribution in [0.1, 0.15) is 0 Å². The Morgan fingerprint density at radius 2 is 1.08 bits per heavy atom. The Kier molecular flexibility index (Phi) is 4.05. The van der Waals surface area contributed by atoms with E-state index in [2.05, 4.69) is 130 Å². The highest BCUT2D eigenvalue weighted by Gasteiger charge is 2.22. The van der Waals surface area contributed by atoms with Crippen LogP contribution >= 0.6 is 0 Å². The van der Waals surface area contributed by atoms with Gasteiger partial charge in [0.1, 0.15) is 5.58 Å². The van der Waals surface area contributed by atoms with Gasteiger partial charge in [-0.25, -0.2) is 0 Å². The van der Waals surface area contributed by atoms with Gasteiger partial charge in [0.15, 0.2) is 5.58 Å². The van der Waals surface area contributed by atoms with E-state index in [9.17, 15) is 0 Å². The van der Waals surface area contributed by atoms with Crippen LogP contribution in [0.15, 0.2) is 138 Å². The molecule has 0 aliphatic heterocycles. The maximum absolute atomic E-state index is 6.51. The zero-order valence-corrected chi connectivity index (χ0v) is 21.0. The highest BCUT2D eigenvalue weighted by Crippen LogP contribution is 2.43. The maximum Gasteiger partial charge on any atom is 0.159 e. The number of furan rings is 1. The van der Waals surface area contributed by atoms with Gasteiger partial charge in [0, 0.05) is 38.0 Å². The number of aromatic nitrogens is 2. The first-order chi connectivity index (χ1) is 19.4. The molecule has 3 nitrogen and oxygen atoms in total. The standard InChI is InChI=1S/C36H22N2O/c1-2-11-23(12-3-1)37-29-17-7-4-13-24(29)26-21-22-31-34(35(26)37)28-15-5-8-18-30(28)38(31)32-19-10-16-27-25-14-6-9-20-33(25)39-36(27)32/h1-22H. The van der Waals surface area contributed by atoms with E-state index >= 15 is 0 Å². The number of benzene rings is 6. The van der Waals surface area contributed by atoms with Crippen molar-refractivity contribution in [2.24, 2.45) is 0 Å². The molecular weight excluding hydrogens is 476 g/mol. The quantitative estimate of drug-likeness (QED) is 0.233. The molecule has 0 unspecified atom stereocenters. The van der Waals surface area contributed by atoms with Gasteiger partial charge in [-0.15, -0.1) is 0 Å². The second-order valence-electron chi connectivity index (χ2n) is 10.1. The molecule has 0 N–H and O–H groups in total. The van der Waals surface area contributed by atoms with Crippen molar-refractivity contribution in [3.8, 4) is 11.4 Å². The van der Waals surface area contributed by atoms with Gasteiger partial charge in [-0.05, 0) is 42.5 Å². The Balaban J connectivity index is 1.51. The predicted octanol–water partition coefficient (Wildman–Crippen LogP) is 9.78. The lowest BCUT2D eigenvalue weighted by Crippen LogP contribution is -1.95. The van der Waals surface area contributed by atoms with Crippen molar-refractivity contribution in [2.45, 2.75) is 0 Å². The zero-order valence-electron chi connectivity index (χ0n) is 21.0. The molecule has 0 saturated carbocycles. The summed E-state index contributed by atoms with van der Waals surface area (Å²) in [5.74, 6) is 0. The fourth-order valence-electron chi connectivity index (χ4n) is 6.52. The topological polar surface area (TPSA) is 23.0 Å². The van der Waals surface area contributed by atoms with Gasteiger partial charge in [0.25, 0.3) is 0 Å². The van der Waals surface area contributed by atoms with Crippen LogP contribution < -0.4 is 0 Å². The molecule has 9 aromatic rings. The van der Waals surface area contributed by atoms with Gasteiger partial charge in [-0.2, -0.15) is 0 Å². The largest absolute Gasteiger partial charge is 0.454 e. The van der Waals surface area contributed by atoms with Gasteiger partial charge in [-0.3, -0.25) is 0 Å². The Morgan fingerprint density at radius 1 is 0.410 bits per heavy atom. The summed E-state index contributed by atoms with van der Waals surface area (Å²) in [5, 5.41) is 7.26. The molecule has 6 aromatic carbocycles. The van der Waals surface area contributed by atoms with E-state index < -0.39 is 0 Å². The summed E-state index contributed by atoms with van der Waals surface area (Å²) < 4.78 is 11.3. The molecule has 0 radical (unpaired) electrons. The van der Waals surface area contributed by atoms with Crippen LogP contribution in [0.3, 0.4) is 0 Å². The number of rotatable bonds is 2. The molecule has 3 heteroatoms. The first kappa shape index (κ1) is 20.7. The molecule has 0 bridgehead atoms. The first-order valence-electron chi connectivity index (χ1n) is 13.3. The maximum atomic E-state index is 6.51. The van der Waals surface area contributed by atoms with Gasteiger partial charge < -0.3 is 13.6 Å². The molecule has 182 valence electrons. The Hall–Kier alpha value is -5.28. The highest BCUT2D eigenvalue weighted by molar-refractivity contribution is 6.26. The minimum atomic E-state index is 0.907. The zero-order chi connectivity index (χ0) is 25.5. The SMILES string of the molecule is c1ccc(-n2c3ccccc3c3ccc4c(c5ccccc5n4-c4cccc5c4oc4ccccc45)c32)cc1. The summed E-state index contributed by atoms with van der Waals surface area (Å²) in [6, 6.07) is 47.5. The summed E-state index contributed by atoms with van der Waals surface area (Å²) in [6.07, 6.45) is 0. The van der Waals surface area contributed by atoms with Crippen LogP contribution in [0.4, 0.5) is 0 Å². The van der Waals surface area contributed by atoms with Crippen LogP contribution in [-0.4, -0.2) is 9.13 Å². The number of para-hydroxylation sites is 5. The van der Waals surface area contributed by atoms with Crippen molar-refractivity contribution < 1.29 is 4.42 Å². The van der Waals surface area contributed by atoms with E-state index in [0.29, 0.717) is 0 Å². The van der Waals surface area contributed by atoms with E-state index in [0.717, 1.165) is 44.3 Å². The second-order valence-corrected chi connectivity index (χ2v) is 10.1. The molecule has 0 aliphatic rings. The summed E-state index contributed by atoms with van der Waals surface area (Å²) in [7, 11) is 0. The molecule has 39 heavy (non-hydrogen) atoms. The molecule has 0 amide bonds. The predicted molar refractivity (Wildman–Crippen MR) is 162 cm³/mol. The lowest BCUT2D eigenvalue weighted by molar-refractivity contribution is 0.666. The number of hydrogen-bond acceptors (Lipinski definition) is 1. The Labute approximate surface area is 223 Å². The van der Waals surface area contributed by atoms with Crippen molar-refractivity contribution >= 4 is 65.6 Å². The van der Waals surface area contributed by atoms with Gasteiger partial charge in [0.2, 0.25) is 0 Å². The molecule has 3 aromatic heterocycles. The minimum Gasteiger partial charge on any atom is -0.454 e. The Bertz CT molecular complexity index is 2390. The van der Waals surface area contributed by atoms with Gasteiger partial charge in [-0.1, -0.05) is 91.0 Å². The molecule has 3 heterocycles. The number of nitrogens with zero attached hydrogens (tertiary/aromatic N) is 2. The molecule has 0 spiro atoms. The number of fused-ring (bicyclic) bond motifs is 10. The third-order valence-electron chi connectivity index (χ3n) is 8.11. The van der Waals surface area contributed by atoms with Crippen LogP contribution in [0, 0.1) is 0 Å². The monoisotopic (exact) mass is 498 g/mol. The van der Waals surface area contributed by atoms with Crippen molar-refractivity contribution in [3.63, 3.8) is 0 Å². The van der Waals surface area contributed by atoms with Crippen LogP contribution in [-0.2, 0) is 0 Å². The fraction of sp³-hybridized carbons (Fsp3) is 0. The summed E-state index contributed by atoms with van der Waals surface area (Å²) >= 11 is 0. The molecule has 9 rings (SSSR count). The Morgan fingerprint density at radius 3 is 1.92 bits per heavy atom. The average Bonchev–Trinajstić information content (AvgIpc) is 3.65. The lowest BCUT2D eigenvalue weighted by atomic mass is 10.1. The van der Waals surface area contributed by atoms with Gasteiger partial charge >= 0.3 is 0 Å². The summed E-state index contributed by atoms with van der Waals surface area (Å²) in [5.41, 5.74) is 8.80. The van der Waals surface area contributed by atoms with E-state index in [4.69, 9.17) is 4.42 Å². The molecule has 0 atom stereocenters. The van der Waals surface area contributed by atoms with E-state index in [1.54, 1.807) is 0 Å². The molecular formula is C36H22N2O. The van der Waals surface area contributed by atoms with E-state index in [1.165, 1.54) is 32.6 Å². The molecule has 0 saturated heterocycles. The molecule has 0 fully saturated rings. The van der Waals surface area contributed by atoms with Crippen molar-refractivity contribution in [1.82, 2.24) is 9.13 Å². The normalized spacial score (nSPS) is 12.1. The van der Waals surface area contributed by atoms with Crippen LogP contribution in [0.5, 0.6) is 0 Å². The third kappa shape index (κ3) is 2.71. The van der Waals surface area contributed by atoms with E-state index in [-0.39, 0.29) is 0 Å². The third-order valence-corrected chi connectivity index (χ3v) is 8.11. The summed E-state index contributed by atoms with van der Waals surface area (Å²) in [6.45, 7) is 0.